The van der Waals surface area contributed by atoms with Gasteiger partial charge in [-0.15, -0.1) is 0 Å². The second kappa shape index (κ2) is 11.6. The Morgan fingerprint density at radius 2 is 1.62 bits per heavy atom. The molecule has 0 aliphatic rings. The van der Waals surface area contributed by atoms with Gasteiger partial charge in [0.1, 0.15) is 0 Å². The summed E-state index contributed by atoms with van der Waals surface area (Å²) in [5.74, 6) is 0. The molecule has 0 heterocycles. The minimum atomic E-state index is 0.449. The summed E-state index contributed by atoms with van der Waals surface area (Å²) in [5.41, 5.74) is 0. The van der Waals surface area contributed by atoms with Crippen LogP contribution in [-0.4, -0.2) is 46.4 Å². The van der Waals surface area contributed by atoms with Crippen molar-refractivity contribution in [3.8, 4) is 0 Å². The Bertz CT molecular complexity index is 106. The lowest BCUT2D eigenvalue weighted by Gasteiger charge is -2.03. The van der Waals surface area contributed by atoms with Crippen LogP contribution in [0.25, 0.3) is 0 Å². The van der Waals surface area contributed by atoms with E-state index < -0.39 is 0 Å². The summed E-state index contributed by atoms with van der Waals surface area (Å²) in [6, 6.07) is 0. The lowest BCUT2D eigenvalue weighted by atomic mass is 10.3. The maximum absolute atomic E-state index is 9.79. The van der Waals surface area contributed by atoms with Crippen molar-refractivity contribution in [2.75, 3.05) is 40.1 Å². The lowest BCUT2D eigenvalue weighted by Crippen LogP contribution is -2.08. The van der Waals surface area contributed by atoms with Gasteiger partial charge in [0, 0.05) is 20.1 Å². The van der Waals surface area contributed by atoms with Crippen LogP contribution in [0.5, 0.6) is 0 Å². The zero-order chi connectivity index (χ0) is 9.78. The van der Waals surface area contributed by atoms with E-state index in [0.717, 1.165) is 6.42 Å². The summed E-state index contributed by atoms with van der Waals surface area (Å²) in [6.45, 7) is 2.96. The van der Waals surface area contributed by atoms with Crippen LogP contribution < -0.4 is 0 Å². The van der Waals surface area contributed by atoms with E-state index in [9.17, 15) is 4.79 Å². The number of hydrogen-bond acceptors (Lipinski definition) is 4. The average Bonchev–Trinajstić information content (AvgIpc) is 2.16. The molecule has 77 valence electrons. The van der Waals surface area contributed by atoms with Gasteiger partial charge in [-0.3, -0.25) is 4.79 Å². The molecule has 0 bridgehead atoms. The largest absolute Gasteiger partial charge is 0.382 e. The molecule has 0 unspecified atom stereocenters. The molecule has 0 amide bonds. The van der Waals surface area contributed by atoms with Crippen molar-refractivity contribution in [3.05, 3.63) is 0 Å². The molecule has 0 aliphatic heterocycles. The first-order valence-electron chi connectivity index (χ1n) is 4.41. The second-order valence-electron chi connectivity index (χ2n) is 2.47. The summed E-state index contributed by atoms with van der Waals surface area (Å²) >= 11 is 0. The van der Waals surface area contributed by atoms with E-state index in [1.807, 2.05) is 6.29 Å². The van der Waals surface area contributed by atoms with E-state index in [0.29, 0.717) is 39.5 Å². The monoisotopic (exact) mass is 189 g/mol. The normalized spacial score (nSPS) is 10.2. The van der Waals surface area contributed by atoms with E-state index in [2.05, 4.69) is 0 Å². The van der Waals surface area contributed by atoms with Gasteiger partial charge in [-0.1, -0.05) is 0 Å². The molecule has 0 aromatic heterocycles. The van der Waals surface area contributed by atoms with Gasteiger partial charge < -0.3 is 14.2 Å². The third-order valence-corrected chi connectivity index (χ3v) is 1.37. The zero-order valence-corrected chi connectivity index (χ0v) is 8.08. The quantitative estimate of drug-likeness (QED) is 0.471. The highest BCUT2D eigenvalue weighted by molar-refractivity contribution is 5.50. The van der Waals surface area contributed by atoms with Gasteiger partial charge in [-0.05, 0) is 6.42 Å². The maximum atomic E-state index is 9.79. The average molecular weight is 189 g/mol. The SMILES string of the molecule is COCCOCCOCCC[C]=O. The van der Waals surface area contributed by atoms with Gasteiger partial charge in [0.05, 0.1) is 26.4 Å². The van der Waals surface area contributed by atoms with Crippen molar-refractivity contribution in [1.29, 1.82) is 0 Å². The van der Waals surface area contributed by atoms with E-state index in [1.54, 1.807) is 7.11 Å². The first kappa shape index (κ1) is 12.6. The third kappa shape index (κ3) is 11.5. The molecule has 0 N–H and O–H groups in total. The van der Waals surface area contributed by atoms with Crippen molar-refractivity contribution in [2.24, 2.45) is 0 Å². The topological polar surface area (TPSA) is 44.8 Å². The van der Waals surface area contributed by atoms with Crippen LogP contribution in [0.4, 0.5) is 0 Å². The molecule has 13 heavy (non-hydrogen) atoms. The van der Waals surface area contributed by atoms with Gasteiger partial charge in [-0.25, -0.2) is 0 Å². The maximum Gasteiger partial charge on any atom is 0.198 e. The van der Waals surface area contributed by atoms with Crippen LogP contribution in [-0.2, 0) is 19.0 Å². The summed E-state index contributed by atoms with van der Waals surface area (Å²) < 4.78 is 15.1. The molecule has 1 radical (unpaired) electrons. The molecule has 4 heteroatoms. The molecule has 0 saturated carbocycles. The van der Waals surface area contributed by atoms with Crippen LogP contribution in [0.3, 0.4) is 0 Å². The predicted molar refractivity (Wildman–Crippen MR) is 48.4 cm³/mol. The van der Waals surface area contributed by atoms with Crippen LogP contribution in [0.15, 0.2) is 0 Å². The molecule has 0 aromatic rings. The smallest absolute Gasteiger partial charge is 0.198 e. The first-order valence-corrected chi connectivity index (χ1v) is 4.41. The van der Waals surface area contributed by atoms with Crippen molar-refractivity contribution >= 4 is 6.29 Å². The molecule has 0 saturated heterocycles. The summed E-state index contributed by atoms with van der Waals surface area (Å²) in [5, 5.41) is 0. The molecule has 0 rings (SSSR count). The van der Waals surface area contributed by atoms with Gasteiger partial charge >= 0.3 is 0 Å². The van der Waals surface area contributed by atoms with Gasteiger partial charge in [-0.2, -0.15) is 0 Å². The van der Waals surface area contributed by atoms with Crippen molar-refractivity contribution < 1.29 is 19.0 Å². The number of unbranched alkanes of at least 4 members (excludes halogenated alkanes) is 1. The number of methoxy groups -OCH3 is 1. The molecule has 0 atom stereocenters. The summed E-state index contributed by atoms with van der Waals surface area (Å²) in [4.78, 5) is 9.79. The summed E-state index contributed by atoms with van der Waals surface area (Å²) in [7, 11) is 1.63. The fourth-order valence-corrected chi connectivity index (χ4v) is 0.711. The Hall–Kier alpha value is -0.450. The van der Waals surface area contributed by atoms with Crippen molar-refractivity contribution in [2.45, 2.75) is 12.8 Å². The minimum Gasteiger partial charge on any atom is -0.382 e. The van der Waals surface area contributed by atoms with E-state index in [1.165, 1.54) is 0 Å². The zero-order valence-electron chi connectivity index (χ0n) is 8.08. The Balaban J connectivity index is 2.79. The predicted octanol–water partition coefficient (Wildman–Crippen LogP) is 0.556. The van der Waals surface area contributed by atoms with Crippen LogP contribution in [0.2, 0.25) is 0 Å². The van der Waals surface area contributed by atoms with E-state index in [4.69, 9.17) is 14.2 Å². The molecular weight excluding hydrogens is 172 g/mol. The Morgan fingerprint density at radius 1 is 1.00 bits per heavy atom. The van der Waals surface area contributed by atoms with Crippen LogP contribution >= 0.6 is 0 Å². The molecule has 0 fully saturated rings. The molecule has 0 aromatic carbocycles. The fraction of sp³-hybridized carbons (Fsp3) is 0.889. The highest BCUT2D eigenvalue weighted by atomic mass is 16.5. The molecule has 4 nitrogen and oxygen atoms in total. The van der Waals surface area contributed by atoms with Gasteiger partial charge in [0.2, 0.25) is 0 Å². The van der Waals surface area contributed by atoms with Crippen LogP contribution in [0.1, 0.15) is 12.8 Å². The van der Waals surface area contributed by atoms with Crippen molar-refractivity contribution in [1.82, 2.24) is 0 Å². The highest BCUT2D eigenvalue weighted by Crippen LogP contribution is 1.86. The molecule has 0 spiro atoms. The number of hydrogen-bond donors (Lipinski definition) is 0. The Kier molecular flexibility index (Phi) is 11.2. The highest BCUT2D eigenvalue weighted by Gasteiger charge is 1.90. The first-order chi connectivity index (χ1) is 6.41. The number of rotatable bonds is 10. The third-order valence-electron chi connectivity index (χ3n) is 1.37. The minimum absolute atomic E-state index is 0.449. The van der Waals surface area contributed by atoms with Gasteiger partial charge in [0.15, 0.2) is 6.29 Å². The molecular formula is C9H17O4. The lowest BCUT2D eigenvalue weighted by molar-refractivity contribution is 0.0246. The van der Waals surface area contributed by atoms with E-state index in [-0.39, 0.29) is 0 Å². The number of carbonyl (C=O) groups excluding carboxylic acids is 1. The van der Waals surface area contributed by atoms with Crippen LogP contribution in [0, 0.1) is 0 Å². The van der Waals surface area contributed by atoms with Gasteiger partial charge in [0.25, 0.3) is 0 Å². The standard InChI is InChI=1S/C9H17O4/c1-11-6-7-13-9-8-12-5-3-2-4-10/h2-3,5-9H2,1H3. The second-order valence-corrected chi connectivity index (χ2v) is 2.47. The number of ether oxygens (including phenoxy) is 3. The fourth-order valence-electron chi connectivity index (χ4n) is 0.711. The Labute approximate surface area is 79.2 Å². The van der Waals surface area contributed by atoms with E-state index >= 15 is 0 Å². The van der Waals surface area contributed by atoms with Crippen molar-refractivity contribution in [3.63, 3.8) is 0 Å². The summed E-state index contributed by atoms with van der Waals surface area (Å²) in [6.07, 6.45) is 3.00. The molecule has 0 aliphatic carbocycles. The Morgan fingerprint density at radius 3 is 2.23 bits per heavy atom.